The molecule has 0 amide bonds. The van der Waals surface area contributed by atoms with Gasteiger partial charge in [-0.1, -0.05) is 6.07 Å². The summed E-state index contributed by atoms with van der Waals surface area (Å²) in [5.74, 6) is 0.214. The van der Waals surface area contributed by atoms with Gasteiger partial charge < -0.3 is 10.1 Å². The van der Waals surface area contributed by atoms with Crippen molar-refractivity contribution in [2.45, 2.75) is 6.42 Å². The topological polar surface area (TPSA) is 99.5 Å². The summed E-state index contributed by atoms with van der Waals surface area (Å²) in [5.41, 5.74) is 0.560. The number of hydrogen-bond donors (Lipinski definition) is 2. The first-order valence-corrected chi connectivity index (χ1v) is 8.19. The molecule has 126 valence electrons. The maximum absolute atomic E-state index is 13.6. The molecule has 0 bridgehead atoms. The van der Waals surface area contributed by atoms with Crippen molar-refractivity contribution in [2.24, 2.45) is 0 Å². The van der Waals surface area contributed by atoms with Gasteiger partial charge >= 0.3 is 0 Å². The number of tetrazole rings is 1. The lowest BCUT2D eigenvalue weighted by Crippen LogP contribution is -2.03. The summed E-state index contributed by atoms with van der Waals surface area (Å²) in [7, 11) is 0. The number of aromatic nitrogens is 4. The number of aromatic amines is 1. The van der Waals surface area contributed by atoms with Gasteiger partial charge in [0.15, 0.2) is 0 Å². The predicted molar refractivity (Wildman–Crippen MR) is 91.3 cm³/mol. The molecular weight excluding hydrogens is 343 g/mol. The Bertz CT molecular complexity index is 886. The normalized spacial score (nSPS) is 11.1. The molecule has 0 atom stereocenters. The van der Waals surface area contributed by atoms with Crippen LogP contribution in [-0.2, 0) is 6.42 Å². The molecule has 25 heavy (non-hydrogen) atoms. The summed E-state index contributed by atoms with van der Waals surface area (Å²) >= 11 is 1.66. The molecule has 0 fully saturated rings. The van der Waals surface area contributed by atoms with E-state index in [0.717, 1.165) is 6.42 Å². The molecule has 2 aromatic heterocycles. The van der Waals surface area contributed by atoms with Crippen LogP contribution >= 0.6 is 11.3 Å². The van der Waals surface area contributed by atoms with Gasteiger partial charge in [-0.05, 0) is 28.8 Å². The number of rotatable bonds is 7. The first-order valence-electron chi connectivity index (χ1n) is 7.31. The number of ether oxygens (including phenoxy) is 1. The standard InChI is InChI=1S/C16H13FN6OS/c17-12-3-4-15(24-6-5-13-2-1-7-25-13)14(8-12)19-10-11(9-18)16-20-22-23-21-16/h1-4,7-8,10,19H,5-6H2,(H,20,21,22,23). The zero-order valence-corrected chi connectivity index (χ0v) is 13.8. The quantitative estimate of drug-likeness (QED) is 0.631. The largest absolute Gasteiger partial charge is 0.491 e. The van der Waals surface area contributed by atoms with Crippen molar-refractivity contribution in [3.8, 4) is 11.8 Å². The molecular formula is C16H13FN6OS. The molecule has 1 aromatic carbocycles. The fraction of sp³-hybridized carbons (Fsp3) is 0.125. The van der Waals surface area contributed by atoms with Gasteiger partial charge in [0.05, 0.1) is 12.3 Å². The minimum atomic E-state index is -0.417. The van der Waals surface area contributed by atoms with Crippen LogP contribution in [0.25, 0.3) is 5.57 Å². The van der Waals surface area contributed by atoms with E-state index in [1.165, 1.54) is 23.2 Å². The number of thiophene rings is 1. The average molecular weight is 356 g/mol. The number of nitriles is 1. The van der Waals surface area contributed by atoms with Gasteiger partial charge in [0.25, 0.3) is 0 Å². The van der Waals surface area contributed by atoms with Crippen molar-refractivity contribution in [3.63, 3.8) is 0 Å². The van der Waals surface area contributed by atoms with E-state index < -0.39 is 5.82 Å². The number of halogens is 1. The number of anilines is 1. The first-order chi connectivity index (χ1) is 12.3. The van der Waals surface area contributed by atoms with Gasteiger partial charge in [0.1, 0.15) is 23.2 Å². The van der Waals surface area contributed by atoms with Crippen molar-refractivity contribution in [2.75, 3.05) is 11.9 Å². The van der Waals surface area contributed by atoms with Gasteiger partial charge in [0, 0.05) is 23.6 Å². The molecule has 0 saturated carbocycles. The molecule has 7 nitrogen and oxygen atoms in total. The molecule has 2 N–H and O–H groups in total. The Kier molecular flexibility index (Phi) is 5.33. The summed E-state index contributed by atoms with van der Waals surface area (Å²) in [6, 6.07) is 10.1. The lowest BCUT2D eigenvalue weighted by atomic mass is 10.2. The minimum absolute atomic E-state index is 0.145. The Morgan fingerprint density at radius 2 is 2.36 bits per heavy atom. The van der Waals surface area contributed by atoms with Gasteiger partial charge in [-0.25, -0.2) is 4.39 Å². The van der Waals surface area contributed by atoms with Crippen LogP contribution in [0.2, 0.25) is 0 Å². The fourth-order valence-electron chi connectivity index (χ4n) is 2.03. The van der Waals surface area contributed by atoms with E-state index >= 15 is 0 Å². The molecule has 9 heteroatoms. The molecule has 3 rings (SSSR count). The van der Waals surface area contributed by atoms with Gasteiger partial charge in [-0.2, -0.15) is 10.5 Å². The van der Waals surface area contributed by atoms with Crippen molar-refractivity contribution >= 4 is 22.6 Å². The van der Waals surface area contributed by atoms with Gasteiger partial charge in [-0.3, -0.25) is 0 Å². The number of hydrogen-bond acceptors (Lipinski definition) is 7. The fourth-order valence-corrected chi connectivity index (χ4v) is 2.72. The van der Waals surface area contributed by atoms with Gasteiger partial charge in [-0.15, -0.1) is 21.5 Å². The lowest BCUT2D eigenvalue weighted by Gasteiger charge is -2.11. The summed E-state index contributed by atoms with van der Waals surface area (Å²) in [5, 5.41) is 27.2. The average Bonchev–Trinajstić information content (AvgIpc) is 3.31. The summed E-state index contributed by atoms with van der Waals surface area (Å²) in [6.45, 7) is 0.459. The second kappa shape index (κ2) is 8.03. The molecule has 2 heterocycles. The Hall–Kier alpha value is -3.25. The number of allylic oxidation sites excluding steroid dienone is 1. The summed E-state index contributed by atoms with van der Waals surface area (Å²) in [4.78, 5) is 1.21. The molecule has 0 radical (unpaired) electrons. The minimum Gasteiger partial charge on any atom is -0.491 e. The van der Waals surface area contributed by atoms with Crippen LogP contribution in [0.5, 0.6) is 5.75 Å². The SMILES string of the molecule is N#CC(=CNc1cc(F)ccc1OCCc1cccs1)c1nn[nH]n1. The second-order valence-electron chi connectivity index (χ2n) is 4.87. The molecule has 0 unspecified atom stereocenters. The maximum Gasteiger partial charge on any atom is 0.216 e. The Balaban J connectivity index is 1.71. The van der Waals surface area contributed by atoms with Crippen molar-refractivity contribution < 1.29 is 9.13 Å². The van der Waals surface area contributed by atoms with Crippen LogP contribution in [0.3, 0.4) is 0 Å². The van der Waals surface area contributed by atoms with E-state index in [9.17, 15) is 4.39 Å². The molecule has 0 aliphatic heterocycles. The van der Waals surface area contributed by atoms with Crippen molar-refractivity contribution in [1.82, 2.24) is 20.6 Å². The molecule has 0 saturated heterocycles. The highest BCUT2D eigenvalue weighted by Gasteiger charge is 2.08. The molecule has 0 spiro atoms. The van der Waals surface area contributed by atoms with Crippen molar-refractivity contribution in [3.05, 3.63) is 58.4 Å². The second-order valence-corrected chi connectivity index (χ2v) is 5.90. The van der Waals surface area contributed by atoms with Crippen LogP contribution in [0.4, 0.5) is 10.1 Å². The third-order valence-electron chi connectivity index (χ3n) is 3.21. The van der Waals surface area contributed by atoms with Crippen LogP contribution in [0, 0.1) is 17.1 Å². The molecule has 0 aliphatic carbocycles. The highest BCUT2D eigenvalue weighted by molar-refractivity contribution is 7.09. The number of nitrogens with zero attached hydrogens (tertiary/aromatic N) is 4. The number of benzene rings is 1. The number of H-pyrrole nitrogens is 1. The zero-order valence-electron chi connectivity index (χ0n) is 12.9. The highest BCUT2D eigenvalue weighted by Crippen LogP contribution is 2.26. The van der Waals surface area contributed by atoms with E-state index in [4.69, 9.17) is 10.00 Å². The van der Waals surface area contributed by atoms with Crippen LogP contribution in [-0.4, -0.2) is 27.2 Å². The molecule has 3 aromatic rings. The van der Waals surface area contributed by atoms with Gasteiger partial charge in [0.2, 0.25) is 5.82 Å². The third-order valence-corrected chi connectivity index (χ3v) is 4.14. The first kappa shape index (κ1) is 16.6. The van der Waals surface area contributed by atoms with Crippen LogP contribution in [0.1, 0.15) is 10.7 Å². The summed E-state index contributed by atoms with van der Waals surface area (Å²) < 4.78 is 19.3. The monoisotopic (exact) mass is 356 g/mol. The van der Waals surface area contributed by atoms with Crippen LogP contribution < -0.4 is 10.1 Å². The predicted octanol–water partition coefficient (Wildman–Crippen LogP) is 3.00. The zero-order chi connectivity index (χ0) is 17.5. The lowest BCUT2D eigenvalue weighted by molar-refractivity contribution is 0.324. The Labute approximate surface area is 146 Å². The van der Waals surface area contributed by atoms with E-state index in [-0.39, 0.29) is 11.4 Å². The van der Waals surface area contributed by atoms with Crippen molar-refractivity contribution in [1.29, 1.82) is 5.26 Å². The third kappa shape index (κ3) is 4.39. The number of nitrogens with one attached hydrogen (secondary N) is 2. The highest BCUT2D eigenvalue weighted by atomic mass is 32.1. The Morgan fingerprint density at radius 1 is 1.44 bits per heavy atom. The molecule has 0 aliphatic rings. The summed E-state index contributed by atoms with van der Waals surface area (Å²) in [6.07, 6.45) is 2.14. The van der Waals surface area contributed by atoms with E-state index in [0.29, 0.717) is 18.0 Å². The smallest absolute Gasteiger partial charge is 0.216 e. The van der Waals surface area contributed by atoms with E-state index in [2.05, 4.69) is 25.9 Å². The maximum atomic E-state index is 13.6. The van der Waals surface area contributed by atoms with Crippen LogP contribution in [0.15, 0.2) is 41.9 Å². The van der Waals surface area contributed by atoms with E-state index in [1.807, 2.05) is 23.6 Å². The van der Waals surface area contributed by atoms with E-state index in [1.54, 1.807) is 17.4 Å². The Morgan fingerprint density at radius 3 is 3.08 bits per heavy atom.